The highest BCUT2D eigenvalue weighted by Crippen LogP contribution is 2.35. The van der Waals surface area contributed by atoms with E-state index in [1.807, 2.05) is 25.1 Å². The van der Waals surface area contributed by atoms with Crippen LogP contribution in [-0.4, -0.2) is 68.1 Å². The van der Waals surface area contributed by atoms with Crippen LogP contribution >= 0.6 is 0 Å². The van der Waals surface area contributed by atoms with Crippen molar-refractivity contribution in [1.82, 2.24) is 35.0 Å². The average Bonchev–Trinajstić information content (AvgIpc) is 3.59. The van der Waals surface area contributed by atoms with Gasteiger partial charge in [0.25, 0.3) is 0 Å². The van der Waals surface area contributed by atoms with Gasteiger partial charge in [-0.15, -0.1) is 0 Å². The molecule has 12 heteroatoms. The van der Waals surface area contributed by atoms with E-state index in [1.54, 1.807) is 36.8 Å². The largest absolute Gasteiger partial charge is 0.384 e. The molecule has 0 saturated heterocycles. The topological polar surface area (TPSA) is 128 Å². The number of hydrogen-bond donors (Lipinski definition) is 4. The second-order valence-corrected chi connectivity index (χ2v) is 11.6. The van der Waals surface area contributed by atoms with Crippen LogP contribution in [0.25, 0.3) is 55.8 Å². The molecule has 2 aromatic carbocycles. The van der Waals surface area contributed by atoms with Crippen molar-refractivity contribution in [2.75, 3.05) is 37.8 Å². The normalized spacial score (nSPS) is 13.4. The van der Waals surface area contributed by atoms with E-state index in [2.05, 4.69) is 35.8 Å². The predicted octanol–water partition coefficient (Wildman–Crippen LogP) is 6.22. The molecule has 0 atom stereocenters. The van der Waals surface area contributed by atoms with Crippen molar-refractivity contribution in [3.8, 4) is 33.9 Å². The van der Waals surface area contributed by atoms with Gasteiger partial charge in [0.2, 0.25) is 5.91 Å². The summed E-state index contributed by atoms with van der Waals surface area (Å²) >= 11 is 0. The third kappa shape index (κ3) is 5.72. The smallest absolute Gasteiger partial charge is 0.227 e. The minimum atomic E-state index is -0.459. The Kier molecular flexibility index (Phi) is 7.42. The highest BCUT2D eigenvalue weighted by molar-refractivity contribution is 5.98. The predicted molar refractivity (Wildman–Crippen MR) is 171 cm³/mol. The molecule has 1 aliphatic carbocycles. The van der Waals surface area contributed by atoms with Gasteiger partial charge in [0.15, 0.2) is 5.82 Å². The number of halogens is 2. The molecule has 0 spiro atoms. The lowest BCUT2D eigenvalue weighted by atomic mass is 9.85. The molecule has 1 fully saturated rings. The molecule has 0 radical (unpaired) electrons. The van der Waals surface area contributed by atoms with Crippen LogP contribution < -0.4 is 10.6 Å². The summed E-state index contributed by atoms with van der Waals surface area (Å²) in [6.07, 6.45) is 7.57. The van der Waals surface area contributed by atoms with Gasteiger partial charge >= 0.3 is 0 Å². The number of H-pyrrole nitrogens is 2. The van der Waals surface area contributed by atoms with E-state index < -0.39 is 5.82 Å². The summed E-state index contributed by atoms with van der Waals surface area (Å²) in [6, 6.07) is 11.3. The van der Waals surface area contributed by atoms with Gasteiger partial charge in [-0.05, 0) is 63.3 Å². The van der Waals surface area contributed by atoms with Crippen molar-refractivity contribution in [2.24, 2.45) is 5.92 Å². The maximum Gasteiger partial charge on any atom is 0.227 e. The Hall–Kier alpha value is -5.23. The van der Waals surface area contributed by atoms with Gasteiger partial charge in [-0.1, -0.05) is 6.42 Å². The number of aromatic nitrogens is 6. The highest BCUT2D eigenvalue weighted by Gasteiger charge is 2.25. The van der Waals surface area contributed by atoms with Gasteiger partial charge in [-0.25, -0.2) is 13.8 Å². The number of likely N-dealkylation sites (N-methyl/N-ethyl adjacent to an activating group) is 1. The Morgan fingerprint density at radius 3 is 2.64 bits per heavy atom. The molecule has 0 aliphatic heterocycles. The molecular formula is C33H31F2N9O. The van der Waals surface area contributed by atoms with E-state index in [0.29, 0.717) is 73.8 Å². The van der Waals surface area contributed by atoms with E-state index >= 15 is 4.39 Å². The van der Waals surface area contributed by atoms with Crippen LogP contribution in [0, 0.1) is 17.6 Å². The van der Waals surface area contributed by atoms with Gasteiger partial charge in [-0.2, -0.15) is 5.10 Å². The van der Waals surface area contributed by atoms with Crippen molar-refractivity contribution in [3.63, 3.8) is 0 Å². The number of anilines is 2. The van der Waals surface area contributed by atoms with Gasteiger partial charge in [0.1, 0.15) is 22.8 Å². The first-order valence-electron chi connectivity index (χ1n) is 14.8. The fraction of sp³-hybridized carbons (Fsp3) is 0.242. The summed E-state index contributed by atoms with van der Waals surface area (Å²) in [5.74, 6) is -0.421. The van der Waals surface area contributed by atoms with Crippen molar-refractivity contribution in [1.29, 1.82) is 0 Å². The molecule has 6 aromatic rings. The van der Waals surface area contributed by atoms with Crippen molar-refractivity contribution >= 4 is 39.2 Å². The monoisotopic (exact) mass is 607 g/mol. The Morgan fingerprint density at radius 1 is 1.00 bits per heavy atom. The molecule has 4 heterocycles. The van der Waals surface area contributed by atoms with Crippen LogP contribution in [0.3, 0.4) is 0 Å². The average molecular weight is 608 g/mol. The second-order valence-electron chi connectivity index (χ2n) is 11.6. The molecule has 1 amide bonds. The lowest BCUT2D eigenvalue weighted by Crippen LogP contribution is -2.28. The van der Waals surface area contributed by atoms with E-state index in [9.17, 15) is 9.18 Å². The molecule has 0 unspecified atom stereocenters. The van der Waals surface area contributed by atoms with Gasteiger partial charge in [0.05, 0.1) is 28.6 Å². The van der Waals surface area contributed by atoms with Crippen LogP contribution in [0.1, 0.15) is 19.3 Å². The Balaban J connectivity index is 1.23. The zero-order chi connectivity index (χ0) is 31.1. The van der Waals surface area contributed by atoms with E-state index in [1.165, 1.54) is 18.2 Å². The Labute approximate surface area is 257 Å². The summed E-state index contributed by atoms with van der Waals surface area (Å²) < 4.78 is 30.0. The number of amides is 1. The van der Waals surface area contributed by atoms with Crippen LogP contribution in [0.5, 0.6) is 0 Å². The minimum absolute atomic E-state index is 0.0162. The SMILES string of the molecule is CN(C)CCNc1cc(F)cc(-c2nccc3[nH]c(-c4n[nH]c5cc(F)c(-c6cncc(NC(=O)C7CCC7)c6)cc45)nc23)c1. The fourth-order valence-corrected chi connectivity index (χ4v) is 5.52. The second kappa shape index (κ2) is 11.7. The molecule has 45 heavy (non-hydrogen) atoms. The van der Waals surface area contributed by atoms with Gasteiger partial charge in [-0.3, -0.25) is 19.9 Å². The van der Waals surface area contributed by atoms with Crippen molar-refractivity contribution in [2.45, 2.75) is 19.3 Å². The number of aromatic amines is 2. The molecular weight excluding hydrogens is 576 g/mol. The molecule has 7 rings (SSSR count). The molecule has 10 nitrogen and oxygen atoms in total. The van der Waals surface area contributed by atoms with Gasteiger partial charge < -0.3 is 20.5 Å². The standard InChI is InChI=1S/C33H31F2N9O/c1-44(2)9-8-37-22-11-19(10-21(34)13-22)29-31-27(6-7-38-29)40-32(41-31)30-25-14-24(26(35)15-28(25)42-43-30)20-12-23(17-36-16-20)39-33(45)18-4-3-5-18/h6-7,10-18,37H,3-5,8-9H2,1-2H3,(H,39,45)(H,40,41)(H,42,43). The summed E-state index contributed by atoms with van der Waals surface area (Å²) in [4.78, 5) is 31.4. The van der Waals surface area contributed by atoms with Crippen LogP contribution in [0.4, 0.5) is 20.2 Å². The first kappa shape index (κ1) is 28.5. The third-order valence-electron chi connectivity index (χ3n) is 8.13. The zero-order valence-corrected chi connectivity index (χ0v) is 24.8. The molecule has 0 bridgehead atoms. The number of hydrogen-bond acceptors (Lipinski definition) is 7. The number of pyridine rings is 2. The highest BCUT2D eigenvalue weighted by atomic mass is 19.1. The van der Waals surface area contributed by atoms with E-state index in [4.69, 9.17) is 4.98 Å². The minimum Gasteiger partial charge on any atom is -0.384 e. The number of carbonyl (C=O) groups is 1. The number of carbonyl (C=O) groups excluding carboxylic acids is 1. The molecule has 1 saturated carbocycles. The van der Waals surface area contributed by atoms with E-state index in [-0.39, 0.29) is 17.6 Å². The first-order valence-corrected chi connectivity index (χ1v) is 14.8. The first-order chi connectivity index (χ1) is 21.8. The number of rotatable bonds is 9. The maximum absolute atomic E-state index is 15.4. The van der Waals surface area contributed by atoms with E-state index in [0.717, 1.165) is 25.8 Å². The van der Waals surface area contributed by atoms with Crippen LogP contribution in [0.2, 0.25) is 0 Å². The Morgan fingerprint density at radius 2 is 1.84 bits per heavy atom. The maximum atomic E-state index is 15.4. The summed E-state index contributed by atoms with van der Waals surface area (Å²) in [6.45, 7) is 1.45. The molecule has 4 aromatic heterocycles. The summed E-state index contributed by atoms with van der Waals surface area (Å²) in [5.41, 5.74) is 5.32. The number of fused-ring (bicyclic) bond motifs is 2. The lowest BCUT2D eigenvalue weighted by molar-refractivity contribution is -0.122. The quantitative estimate of drug-likeness (QED) is 0.154. The van der Waals surface area contributed by atoms with Crippen LogP contribution in [-0.2, 0) is 4.79 Å². The number of nitrogens with zero attached hydrogens (tertiary/aromatic N) is 5. The molecule has 4 N–H and O–H groups in total. The summed E-state index contributed by atoms with van der Waals surface area (Å²) in [5, 5.41) is 14.2. The number of nitrogens with one attached hydrogen (secondary N) is 4. The molecule has 228 valence electrons. The number of benzene rings is 2. The summed E-state index contributed by atoms with van der Waals surface area (Å²) in [7, 11) is 3.96. The zero-order valence-electron chi connectivity index (χ0n) is 24.8. The van der Waals surface area contributed by atoms with Crippen molar-refractivity contribution in [3.05, 3.63) is 72.7 Å². The third-order valence-corrected chi connectivity index (χ3v) is 8.13. The van der Waals surface area contributed by atoms with Gasteiger partial charge in [0, 0.05) is 65.2 Å². The molecule has 1 aliphatic rings. The lowest BCUT2D eigenvalue weighted by Gasteiger charge is -2.24. The number of imidazole rings is 1. The fourth-order valence-electron chi connectivity index (χ4n) is 5.52. The Bertz CT molecular complexity index is 2050. The van der Waals surface area contributed by atoms with Crippen molar-refractivity contribution < 1.29 is 13.6 Å². The van der Waals surface area contributed by atoms with Crippen LogP contribution in [0.15, 0.2) is 61.1 Å².